The topological polar surface area (TPSA) is 54.5 Å². The molecule has 1 saturated heterocycles. The molecule has 0 bridgehead atoms. The number of aromatic nitrogens is 1. The van der Waals surface area contributed by atoms with Gasteiger partial charge in [-0.3, -0.25) is 4.79 Å². The molecule has 0 radical (unpaired) electrons. The van der Waals surface area contributed by atoms with Gasteiger partial charge in [-0.2, -0.15) is 0 Å². The molecule has 2 aliphatic rings. The van der Waals surface area contributed by atoms with Crippen molar-refractivity contribution in [2.24, 2.45) is 23.2 Å². The molecular formula is C22H28FN3O2S. The summed E-state index contributed by atoms with van der Waals surface area (Å²) < 4.78 is 19.9. The van der Waals surface area contributed by atoms with Crippen LogP contribution < -0.4 is 10.1 Å². The first kappa shape index (κ1) is 20.3. The zero-order valence-corrected chi connectivity index (χ0v) is 18.0. The first-order valence-corrected chi connectivity index (χ1v) is 11.1. The van der Waals surface area contributed by atoms with Crippen molar-refractivity contribution in [1.29, 1.82) is 0 Å². The van der Waals surface area contributed by atoms with Crippen LogP contribution in [-0.2, 0) is 6.54 Å². The first-order chi connectivity index (χ1) is 13.8. The van der Waals surface area contributed by atoms with Crippen LogP contribution in [0.1, 0.15) is 36.8 Å². The van der Waals surface area contributed by atoms with Gasteiger partial charge in [-0.25, -0.2) is 9.37 Å². The molecule has 2 aromatic rings. The molecule has 5 nitrogen and oxygen atoms in total. The second kappa shape index (κ2) is 8.03. The number of thiazole rings is 1. The van der Waals surface area contributed by atoms with Crippen molar-refractivity contribution >= 4 is 17.2 Å². The Morgan fingerprint density at radius 3 is 2.76 bits per heavy atom. The Morgan fingerprint density at radius 2 is 2.10 bits per heavy atom. The monoisotopic (exact) mass is 417 g/mol. The van der Waals surface area contributed by atoms with Gasteiger partial charge in [-0.15, -0.1) is 11.3 Å². The fourth-order valence-corrected chi connectivity index (χ4v) is 4.57. The number of fused-ring (bicyclic) bond motifs is 1. The summed E-state index contributed by atoms with van der Waals surface area (Å²) in [6.45, 7) is 9.77. The van der Waals surface area contributed by atoms with E-state index in [9.17, 15) is 9.18 Å². The Balaban J connectivity index is 1.50. The number of amides is 1. The number of ether oxygens (including phenoxy) is 1. The van der Waals surface area contributed by atoms with Crippen LogP contribution in [0.15, 0.2) is 29.1 Å². The first-order valence-electron chi connectivity index (χ1n) is 10.1. The van der Waals surface area contributed by atoms with Gasteiger partial charge in [0.05, 0.1) is 12.1 Å². The van der Waals surface area contributed by atoms with Gasteiger partial charge >= 0.3 is 0 Å². The van der Waals surface area contributed by atoms with Gasteiger partial charge in [0.25, 0.3) is 5.91 Å². The summed E-state index contributed by atoms with van der Waals surface area (Å²) in [6, 6.07) is 4.88. The summed E-state index contributed by atoms with van der Waals surface area (Å²) in [7, 11) is 0. The van der Waals surface area contributed by atoms with Crippen LogP contribution in [0.3, 0.4) is 0 Å². The Kier molecular flexibility index (Phi) is 5.62. The smallest absolute Gasteiger partial charge is 0.273 e. The van der Waals surface area contributed by atoms with E-state index in [1.165, 1.54) is 17.4 Å². The summed E-state index contributed by atoms with van der Waals surface area (Å²) in [5, 5.41) is 5.18. The van der Waals surface area contributed by atoms with E-state index in [4.69, 9.17) is 4.74 Å². The van der Waals surface area contributed by atoms with E-state index in [0.717, 1.165) is 18.7 Å². The number of hydrogen-bond donors (Lipinski definition) is 1. The van der Waals surface area contributed by atoms with Crippen LogP contribution in [0.25, 0.3) is 0 Å². The molecular weight excluding hydrogens is 389 g/mol. The quantitative estimate of drug-likeness (QED) is 0.744. The molecule has 1 aliphatic carbocycles. The van der Waals surface area contributed by atoms with Crippen molar-refractivity contribution in [3.05, 3.63) is 46.2 Å². The van der Waals surface area contributed by atoms with E-state index in [-0.39, 0.29) is 22.9 Å². The van der Waals surface area contributed by atoms with Crippen LogP contribution in [-0.4, -0.2) is 42.0 Å². The Hall–Kier alpha value is -1.99. The second-order valence-corrected chi connectivity index (χ2v) is 10.0. The average molecular weight is 418 g/mol. The van der Waals surface area contributed by atoms with Crippen LogP contribution in [0.4, 0.5) is 4.39 Å². The molecule has 2 unspecified atom stereocenters. The van der Waals surface area contributed by atoms with Crippen molar-refractivity contribution in [3.63, 3.8) is 0 Å². The highest BCUT2D eigenvalue weighted by Gasteiger charge is 2.53. The summed E-state index contributed by atoms with van der Waals surface area (Å²) >= 11 is 1.42. The lowest BCUT2D eigenvalue weighted by Gasteiger charge is -2.24. The van der Waals surface area contributed by atoms with Gasteiger partial charge in [0.2, 0.25) is 0 Å². The highest BCUT2D eigenvalue weighted by atomic mass is 32.1. The number of nitrogens with one attached hydrogen (secondary N) is 1. The van der Waals surface area contributed by atoms with Gasteiger partial charge in [-0.05, 0) is 54.0 Å². The molecule has 7 heteroatoms. The highest BCUT2D eigenvalue weighted by Crippen LogP contribution is 2.49. The summed E-state index contributed by atoms with van der Waals surface area (Å²) in [4.78, 5) is 19.1. The lowest BCUT2D eigenvalue weighted by molar-refractivity contribution is 0.0723. The average Bonchev–Trinajstić information content (AvgIpc) is 3.11. The molecule has 29 heavy (non-hydrogen) atoms. The van der Waals surface area contributed by atoms with E-state index in [1.807, 2.05) is 25.7 Å². The predicted octanol–water partition coefficient (Wildman–Crippen LogP) is 3.81. The number of nitrogens with zero attached hydrogens (tertiary/aromatic N) is 2. The molecule has 156 valence electrons. The number of rotatable bonds is 7. The molecule has 1 aromatic carbocycles. The van der Waals surface area contributed by atoms with Crippen LogP contribution in [0, 0.1) is 29.0 Å². The Bertz CT molecular complexity index is 855. The molecule has 1 N–H and O–H groups in total. The number of benzene rings is 1. The maximum atomic E-state index is 14.2. The third-order valence-electron chi connectivity index (χ3n) is 5.67. The van der Waals surface area contributed by atoms with Crippen molar-refractivity contribution in [3.8, 4) is 5.75 Å². The van der Waals surface area contributed by atoms with Gasteiger partial charge in [0, 0.05) is 18.5 Å². The molecule has 1 amide bonds. The molecule has 2 heterocycles. The molecule has 1 aromatic heterocycles. The number of carbonyl (C=O) groups excluding carboxylic acids is 1. The summed E-state index contributed by atoms with van der Waals surface area (Å²) in [6.07, 6.45) is 0. The van der Waals surface area contributed by atoms with Gasteiger partial charge in [0.1, 0.15) is 5.69 Å². The Morgan fingerprint density at radius 1 is 1.34 bits per heavy atom. The van der Waals surface area contributed by atoms with E-state index >= 15 is 0 Å². The molecule has 4 rings (SSSR count). The van der Waals surface area contributed by atoms with E-state index in [2.05, 4.69) is 10.3 Å². The molecule has 0 spiro atoms. The third-order valence-corrected chi connectivity index (χ3v) is 6.26. The predicted molar refractivity (Wildman–Crippen MR) is 112 cm³/mol. The number of piperidine rings is 1. The molecule has 1 aliphatic heterocycles. The van der Waals surface area contributed by atoms with Crippen LogP contribution in [0.2, 0.25) is 0 Å². The zero-order valence-electron chi connectivity index (χ0n) is 17.2. The van der Waals surface area contributed by atoms with E-state index in [0.29, 0.717) is 43.1 Å². The largest absolute Gasteiger partial charge is 0.490 e. The number of carbonyl (C=O) groups is 1. The van der Waals surface area contributed by atoms with Gasteiger partial charge < -0.3 is 15.0 Å². The normalized spacial score (nSPS) is 23.0. The standard InChI is InChI=1S/C22H28FN3O2S/c1-22(2,3)12-28-20-6-14(4-5-18(20)23)9-26(21(27)19-11-29-13-25-19)10-17-15-7-24-8-16(15)17/h4-6,11,13,15-17,24H,7-10,12H2,1-3H3. The third kappa shape index (κ3) is 4.78. The summed E-state index contributed by atoms with van der Waals surface area (Å²) in [5.41, 5.74) is 2.96. The van der Waals surface area contributed by atoms with Crippen molar-refractivity contribution in [2.75, 3.05) is 26.2 Å². The second-order valence-electron chi connectivity index (χ2n) is 9.32. The van der Waals surface area contributed by atoms with E-state index in [1.54, 1.807) is 23.0 Å². The number of hydrogen-bond acceptors (Lipinski definition) is 5. The lowest BCUT2D eigenvalue weighted by Crippen LogP contribution is -2.34. The fraction of sp³-hybridized carbons (Fsp3) is 0.545. The summed E-state index contributed by atoms with van der Waals surface area (Å²) in [5.74, 6) is 1.67. The lowest BCUT2D eigenvalue weighted by atomic mass is 9.99. The highest BCUT2D eigenvalue weighted by molar-refractivity contribution is 7.07. The minimum atomic E-state index is -0.377. The number of halogens is 1. The van der Waals surface area contributed by atoms with Crippen molar-refractivity contribution in [1.82, 2.24) is 15.2 Å². The minimum absolute atomic E-state index is 0.0626. The fourth-order valence-electron chi connectivity index (χ4n) is 4.04. The Labute approximate surface area is 175 Å². The van der Waals surface area contributed by atoms with Crippen molar-refractivity contribution < 1.29 is 13.9 Å². The van der Waals surface area contributed by atoms with Crippen LogP contribution in [0.5, 0.6) is 5.75 Å². The van der Waals surface area contributed by atoms with Crippen LogP contribution >= 0.6 is 11.3 Å². The van der Waals surface area contributed by atoms with Gasteiger partial charge in [0.15, 0.2) is 11.6 Å². The zero-order chi connectivity index (χ0) is 20.6. The van der Waals surface area contributed by atoms with E-state index < -0.39 is 0 Å². The molecule has 2 fully saturated rings. The maximum Gasteiger partial charge on any atom is 0.273 e. The van der Waals surface area contributed by atoms with Crippen molar-refractivity contribution in [2.45, 2.75) is 27.3 Å². The molecule has 2 atom stereocenters. The minimum Gasteiger partial charge on any atom is -0.490 e. The van der Waals surface area contributed by atoms with Gasteiger partial charge in [-0.1, -0.05) is 26.8 Å². The maximum absolute atomic E-state index is 14.2. The SMILES string of the molecule is CC(C)(C)COc1cc(CN(CC2C3CNCC32)C(=O)c2cscn2)ccc1F. The molecule has 1 saturated carbocycles.